The van der Waals surface area contributed by atoms with Crippen LogP contribution in [0.15, 0.2) is 47.4 Å². The first-order valence-corrected chi connectivity index (χ1v) is 9.75. The van der Waals surface area contributed by atoms with E-state index in [0.29, 0.717) is 30.2 Å². The molecule has 0 radical (unpaired) electrons. The summed E-state index contributed by atoms with van der Waals surface area (Å²) >= 11 is 0. The molecule has 25 heavy (non-hydrogen) atoms. The number of hydrogen-bond donors (Lipinski definition) is 1. The number of sulfonamides is 1. The van der Waals surface area contributed by atoms with Gasteiger partial charge in [0.25, 0.3) is 0 Å². The Morgan fingerprint density at radius 2 is 1.76 bits per heavy atom. The summed E-state index contributed by atoms with van der Waals surface area (Å²) in [4.78, 5) is 0.315. The molecule has 0 fully saturated rings. The normalized spacial score (nSPS) is 11.7. The van der Waals surface area contributed by atoms with Crippen molar-refractivity contribution < 1.29 is 18.3 Å². The van der Waals surface area contributed by atoms with Gasteiger partial charge in [0.05, 0.1) is 12.0 Å². The first kappa shape index (κ1) is 19.3. The third kappa shape index (κ3) is 4.74. The van der Waals surface area contributed by atoms with Gasteiger partial charge in [0, 0.05) is 13.1 Å². The molecule has 0 spiro atoms. The van der Waals surface area contributed by atoms with Crippen molar-refractivity contribution in [1.82, 2.24) is 4.31 Å². The lowest BCUT2D eigenvalue weighted by Crippen LogP contribution is -2.33. The fraction of sp³-hybridized carbons (Fsp3) is 0.368. The topological polar surface area (TPSA) is 66.8 Å². The number of benzene rings is 2. The minimum Gasteiger partial charge on any atom is -0.504 e. The molecule has 2 aromatic carbocycles. The van der Waals surface area contributed by atoms with E-state index in [0.717, 1.165) is 17.5 Å². The second-order valence-corrected chi connectivity index (χ2v) is 7.91. The van der Waals surface area contributed by atoms with Gasteiger partial charge in [-0.15, -0.1) is 0 Å². The van der Waals surface area contributed by atoms with E-state index in [1.165, 1.54) is 11.4 Å². The zero-order chi connectivity index (χ0) is 18.4. The molecule has 0 unspecified atom stereocenters. The van der Waals surface area contributed by atoms with Crippen molar-refractivity contribution in [2.75, 3.05) is 20.2 Å². The van der Waals surface area contributed by atoms with Gasteiger partial charge in [-0.3, -0.25) is 0 Å². The Balaban J connectivity index is 2.19. The maximum Gasteiger partial charge on any atom is 0.243 e. The highest BCUT2D eigenvalue weighted by atomic mass is 32.2. The number of hydrogen-bond acceptors (Lipinski definition) is 4. The quantitative estimate of drug-likeness (QED) is 0.781. The molecule has 2 rings (SSSR count). The predicted molar refractivity (Wildman–Crippen MR) is 98.6 cm³/mol. The number of rotatable bonds is 8. The summed E-state index contributed by atoms with van der Waals surface area (Å²) in [7, 11) is -2.03. The number of nitrogens with zero attached hydrogens (tertiary/aromatic N) is 1. The minimum atomic E-state index is -3.52. The fourth-order valence-corrected chi connectivity index (χ4v) is 4.12. The SMILES string of the molecule is CCCN(CCc1ccc(O)c(OC)c1)S(=O)(=O)c1ccc(C)cc1. The molecule has 0 saturated heterocycles. The third-order valence-electron chi connectivity index (χ3n) is 4.03. The van der Waals surface area contributed by atoms with Crippen LogP contribution in [-0.4, -0.2) is 38.0 Å². The number of phenols is 1. The molecule has 2 aromatic rings. The zero-order valence-corrected chi connectivity index (χ0v) is 15.7. The second-order valence-electron chi connectivity index (χ2n) is 5.97. The van der Waals surface area contributed by atoms with Gasteiger partial charge in [0.15, 0.2) is 11.5 Å². The lowest BCUT2D eigenvalue weighted by Gasteiger charge is -2.22. The van der Waals surface area contributed by atoms with Crippen LogP contribution in [0.4, 0.5) is 0 Å². The third-order valence-corrected chi connectivity index (χ3v) is 5.94. The lowest BCUT2D eigenvalue weighted by atomic mass is 10.1. The van der Waals surface area contributed by atoms with Gasteiger partial charge in [-0.25, -0.2) is 8.42 Å². The Morgan fingerprint density at radius 1 is 1.08 bits per heavy atom. The molecule has 0 aliphatic rings. The maximum atomic E-state index is 12.9. The molecule has 0 aliphatic heterocycles. The van der Waals surface area contributed by atoms with Crippen LogP contribution in [0.1, 0.15) is 24.5 Å². The van der Waals surface area contributed by atoms with Crippen LogP contribution in [-0.2, 0) is 16.4 Å². The van der Waals surface area contributed by atoms with Gasteiger partial charge < -0.3 is 9.84 Å². The molecule has 0 amide bonds. The van der Waals surface area contributed by atoms with E-state index in [2.05, 4.69) is 0 Å². The van der Waals surface area contributed by atoms with Crippen LogP contribution in [0.2, 0.25) is 0 Å². The number of methoxy groups -OCH3 is 1. The largest absolute Gasteiger partial charge is 0.504 e. The molecule has 136 valence electrons. The maximum absolute atomic E-state index is 12.9. The van der Waals surface area contributed by atoms with Crippen molar-refractivity contribution in [2.24, 2.45) is 0 Å². The van der Waals surface area contributed by atoms with Gasteiger partial charge in [-0.2, -0.15) is 4.31 Å². The molecule has 0 aromatic heterocycles. The minimum absolute atomic E-state index is 0.0731. The van der Waals surface area contributed by atoms with E-state index in [1.54, 1.807) is 30.3 Å². The van der Waals surface area contributed by atoms with Gasteiger partial charge in [0.1, 0.15) is 0 Å². The molecular formula is C19H25NO4S. The van der Waals surface area contributed by atoms with E-state index in [9.17, 15) is 13.5 Å². The van der Waals surface area contributed by atoms with Crippen molar-refractivity contribution in [3.8, 4) is 11.5 Å². The summed E-state index contributed by atoms with van der Waals surface area (Å²) in [6.45, 7) is 4.73. The molecule has 0 heterocycles. The highest BCUT2D eigenvalue weighted by Gasteiger charge is 2.23. The van der Waals surface area contributed by atoms with E-state index in [-0.39, 0.29) is 5.75 Å². The molecule has 0 saturated carbocycles. The lowest BCUT2D eigenvalue weighted by molar-refractivity contribution is 0.372. The fourth-order valence-electron chi connectivity index (χ4n) is 2.59. The van der Waals surface area contributed by atoms with Crippen LogP contribution in [0.5, 0.6) is 11.5 Å². The highest BCUT2D eigenvalue weighted by molar-refractivity contribution is 7.89. The van der Waals surface area contributed by atoms with E-state index >= 15 is 0 Å². The van der Waals surface area contributed by atoms with Crippen LogP contribution in [0.25, 0.3) is 0 Å². The van der Waals surface area contributed by atoms with Crippen molar-refractivity contribution >= 4 is 10.0 Å². The summed E-state index contributed by atoms with van der Waals surface area (Å²) in [5.41, 5.74) is 1.94. The first-order valence-electron chi connectivity index (χ1n) is 8.31. The van der Waals surface area contributed by atoms with Crippen LogP contribution < -0.4 is 4.74 Å². The molecular weight excluding hydrogens is 338 g/mol. The van der Waals surface area contributed by atoms with Crippen molar-refractivity contribution in [2.45, 2.75) is 31.6 Å². The Bertz CT molecular complexity index is 801. The average Bonchev–Trinajstić information content (AvgIpc) is 2.60. The molecule has 1 N–H and O–H groups in total. The van der Waals surface area contributed by atoms with Crippen molar-refractivity contribution in [1.29, 1.82) is 0 Å². The predicted octanol–water partition coefficient (Wildman–Crippen LogP) is 3.35. The van der Waals surface area contributed by atoms with Gasteiger partial charge in [-0.05, 0) is 49.6 Å². The molecule has 0 aliphatic carbocycles. The number of ether oxygens (including phenoxy) is 1. The van der Waals surface area contributed by atoms with Crippen LogP contribution in [0.3, 0.4) is 0 Å². The monoisotopic (exact) mass is 363 g/mol. The number of phenolic OH excluding ortho intramolecular Hbond substituents is 1. The van der Waals surface area contributed by atoms with E-state index < -0.39 is 10.0 Å². The van der Waals surface area contributed by atoms with Gasteiger partial charge in [-0.1, -0.05) is 30.7 Å². The second kappa shape index (κ2) is 8.36. The Hall–Kier alpha value is -2.05. The molecule has 0 atom stereocenters. The van der Waals surface area contributed by atoms with Crippen molar-refractivity contribution in [3.05, 3.63) is 53.6 Å². The van der Waals surface area contributed by atoms with E-state index in [4.69, 9.17) is 4.74 Å². The Kier molecular flexibility index (Phi) is 6.45. The summed E-state index contributed by atoms with van der Waals surface area (Å²) in [5.74, 6) is 0.463. The van der Waals surface area contributed by atoms with Crippen molar-refractivity contribution in [3.63, 3.8) is 0 Å². The summed E-state index contributed by atoms with van der Waals surface area (Å²) < 4.78 is 32.4. The smallest absolute Gasteiger partial charge is 0.243 e. The Labute approximate surface area is 149 Å². The Morgan fingerprint density at radius 3 is 2.36 bits per heavy atom. The van der Waals surface area contributed by atoms with Gasteiger partial charge in [0.2, 0.25) is 10.0 Å². The first-order chi connectivity index (χ1) is 11.9. The molecule has 6 heteroatoms. The molecule has 5 nitrogen and oxygen atoms in total. The number of aromatic hydroxyl groups is 1. The summed E-state index contributed by atoms with van der Waals surface area (Å²) in [5, 5.41) is 9.67. The standard InChI is InChI=1S/C19H25NO4S/c1-4-12-20(25(22,23)17-8-5-15(2)6-9-17)13-11-16-7-10-18(21)19(14-16)24-3/h5-10,14,21H,4,11-13H2,1-3H3. The van der Waals surface area contributed by atoms with Gasteiger partial charge >= 0.3 is 0 Å². The van der Waals surface area contributed by atoms with Crippen LogP contribution in [0, 0.1) is 6.92 Å². The number of aryl methyl sites for hydroxylation is 1. The zero-order valence-electron chi connectivity index (χ0n) is 14.9. The summed E-state index contributed by atoms with van der Waals surface area (Å²) in [6, 6.07) is 12.0. The molecule has 0 bridgehead atoms. The van der Waals surface area contributed by atoms with Crippen LogP contribution >= 0.6 is 0 Å². The van der Waals surface area contributed by atoms with E-state index in [1.807, 2.05) is 26.0 Å². The summed E-state index contributed by atoms with van der Waals surface area (Å²) in [6.07, 6.45) is 1.28. The average molecular weight is 363 g/mol. The highest BCUT2D eigenvalue weighted by Crippen LogP contribution is 2.27.